The number of rotatable bonds is 15. The van der Waals surface area contributed by atoms with E-state index in [1.165, 1.54) is 60.7 Å². The van der Waals surface area contributed by atoms with Crippen molar-refractivity contribution in [2.45, 2.75) is 47.9 Å². The lowest BCUT2D eigenvalue weighted by Gasteiger charge is -2.31. The molecule has 4 aromatic rings. The monoisotopic (exact) mass is 700 g/mol. The molecule has 0 fully saturated rings. The molecule has 0 spiro atoms. The quantitative estimate of drug-likeness (QED) is 0.138. The maximum Gasteiger partial charge on any atom is 0.269 e. The predicted molar refractivity (Wildman–Crippen MR) is 178 cm³/mol. The fourth-order valence-corrected chi connectivity index (χ4v) is 8.46. The molecule has 1 unspecified atom stereocenters. The van der Waals surface area contributed by atoms with Crippen LogP contribution in [0.15, 0.2) is 112 Å². The van der Waals surface area contributed by atoms with E-state index in [1.54, 1.807) is 43.3 Å². The first kappa shape index (κ1) is 35.9. The third-order valence-electron chi connectivity index (χ3n) is 7.45. The van der Waals surface area contributed by atoms with E-state index < -0.39 is 41.0 Å². The molecule has 4 rings (SSSR count). The number of non-ortho nitro benzene ring substituents is 1. The zero-order chi connectivity index (χ0) is 34.4. The van der Waals surface area contributed by atoms with Crippen LogP contribution in [0.4, 0.5) is 5.69 Å². The number of benzene rings is 4. The fraction of sp³-hybridized carbons (Fsp3) is 0.250. The van der Waals surface area contributed by atoms with Crippen LogP contribution < -0.4 is 9.44 Å². The van der Waals surface area contributed by atoms with E-state index >= 15 is 0 Å². The van der Waals surface area contributed by atoms with E-state index in [-0.39, 0.29) is 46.4 Å². The molecular formula is C32H36N4O8S3. The van der Waals surface area contributed by atoms with Gasteiger partial charge in [-0.2, -0.15) is 4.31 Å². The van der Waals surface area contributed by atoms with Crippen molar-refractivity contribution in [2.24, 2.45) is 0 Å². The molecular weight excluding hydrogens is 665 g/mol. The predicted octanol–water partition coefficient (Wildman–Crippen LogP) is 4.08. The molecule has 2 N–H and O–H groups in total. The number of nitro benzene ring substituents is 1. The Morgan fingerprint density at radius 1 is 0.638 bits per heavy atom. The Balaban J connectivity index is 1.71. The lowest BCUT2D eigenvalue weighted by Crippen LogP contribution is -2.50. The van der Waals surface area contributed by atoms with Crippen LogP contribution in [0, 0.1) is 30.9 Å². The molecule has 250 valence electrons. The summed E-state index contributed by atoms with van der Waals surface area (Å²) in [5.41, 5.74) is 2.86. The van der Waals surface area contributed by atoms with Crippen LogP contribution in [0.2, 0.25) is 0 Å². The molecule has 0 bridgehead atoms. The van der Waals surface area contributed by atoms with E-state index in [4.69, 9.17) is 0 Å². The summed E-state index contributed by atoms with van der Waals surface area (Å²) in [4.78, 5) is 10.6. The van der Waals surface area contributed by atoms with Crippen LogP contribution in [0.5, 0.6) is 0 Å². The van der Waals surface area contributed by atoms with Crippen molar-refractivity contribution < 1.29 is 30.2 Å². The van der Waals surface area contributed by atoms with Crippen molar-refractivity contribution in [1.82, 2.24) is 13.7 Å². The molecule has 0 aromatic heterocycles. The second-order valence-electron chi connectivity index (χ2n) is 11.1. The van der Waals surface area contributed by atoms with Gasteiger partial charge in [0.05, 0.1) is 19.6 Å². The first-order valence-electron chi connectivity index (χ1n) is 14.5. The second kappa shape index (κ2) is 14.8. The van der Waals surface area contributed by atoms with E-state index in [0.29, 0.717) is 5.56 Å². The average Bonchev–Trinajstić information content (AvgIpc) is 3.02. The van der Waals surface area contributed by atoms with Gasteiger partial charge in [-0.15, -0.1) is 0 Å². The maximum atomic E-state index is 14.2. The van der Waals surface area contributed by atoms with Crippen molar-refractivity contribution in [3.63, 3.8) is 0 Å². The third kappa shape index (κ3) is 9.31. The smallest absolute Gasteiger partial charge is 0.258 e. The minimum atomic E-state index is -4.33. The Morgan fingerprint density at radius 2 is 1.06 bits per heavy atom. The molecule has 1 atom stereocenters. The summed E-state index contributed by atoms with van der Waals surface area (Å²) in [6.45, 7) is 4.35. The highest BCUT2D eigenvalue weighted by molar-refractivity contribution is 7.90. The number of aryl methyl sites for hydroxylation is 3. The fourth-order valence-electron chi connectivity index (χ4n) is 4.74. The minimum Gasteiger partial charge on any atom is -0.258 e. The van der Waals surface area contributed by atoms with Crippen LogP contribution in [-0.4, -0.2) is 60.2 Å². The number of nitrogens with zero attached hydrogens (tertiary/aromatic N) is 2. The standard InChI is InChI=1S/C32H36N4O8S3/c1-24-4-14-30(15-5-24)45(39,40)33-20-21-35(47(43,44)32-18-8-26(3)9-19-32)29(22-27-10-12-28(13-11-27)36(37)38)23-34-46(41,42)31-16-6-25(2)7-17-31/h4-19,29,33-34H,20-23H2,1-3H3. The molecule has 15 heteroatoms. The average molecular weight is 701 g/mol. The summed E-state index contributed by atoms with van der Waals surface area (Å²) in [7, 11) is -12.4. The van der Waals surface area contributed by atoms with Gasteiger partial charge in [-0.05, 0) is 69.2 Å². The number of nitro groups is 1. The number of hydrogen-bond acceptors (Lipinski definition) is 8. The van der Waals surface area contributed by atoms with Gasteiger partial charge in [0.25, 0.3) is 5.69 Å². The zero-order valence-electron chi connectivity index (χ0n) is 26.0. The van der Waals surface area contributed by atoms with Gasteiger partial charge in [0.2, 0.25) is 30.1 Å². The lowest BCUT2D eigenvalue weighted by atomic mass is 10.1. The molecule has 47 heavy (non-hydrogen) atoms. The zero-order valence-corrected chi connectivity index (χ0v) is 28.5. The molecule has 0 heterocycles. The lowest BCUT2D eigenvalue weighted by molar-refractivity contribution is -0.384. The summed E-state index contributed by atoms with van der Waals surface area (Å²) in [6.07, 6.45) is -0.0514. The van der Waals surface area contributed by atoms with E-state index in [9.17, 15) is 35.4 Å². The van der Waals surface area contributed by atoms with Gasteiger partial charge < -0.3 is 0 Å². The number of sulfonamides is 3. The molecule has 0 aliphatic heterocycles. The van der Waals surface area contributed by atoms with Crippen molar-refractivity contribution in [3.8, 4) is 0 Å². The van der Waals surface area contributed by atoms with Gasteiger partial charge in [0.15, 0.2) is 0 Å². The van der Waals surface area contributed by atoms with Crippen LogP contribution in [0.1, 0.15) is 22.3 Å². The van der Waals surface area contributed by atoms with Crippen molar-refractivity contribution in [3.05, 3.63) is 129 Å². The normalized spacial score (nSPS) is 13.0. The highest BCUT2D eigenvalue weighted by Crippen LogP contribution is 2.23. The van der Waals surface area contributed by atoms with Crippen LogP contribution >= 0.6 is 0 Å². The third-order valence-corrected chi connectivity index (χ3v) is 12.3. The van der Waals surface area contributed by atoms with E-state index in [0.717, 1.165) is 21.0 Å². The van der Waals surface area contributed by atoms with Gasteiger partial charge in [-0.1, -0.05) is 65.2 Å². The Bertz CT molecular complexity index is 2020. The van der Waals surface area contributed by atoms with Gasteiger partial charge >= 0.3 is 0 Å². The molecule has 0 amide bonds. The van der Waals surface area contributed by atoms with Crippen molar-refractivity contribution in [1.29, 1.82) is 0 Å². The number of hydrogen-bond donors (Lipinski definition) is 2. The van der Waals surface area contributed by atoms with Crippen LogP contribution in [0.25, 0.3) is 0 Å². The molecule has 0 saturated carbocycles. The van der Waals surface area contributed by atoms with Gasteiger partial charge in [-0.25, -0.2) is 34.7 Å². The SMILES string of the molecule is Cc1ccc(S(=O)(=O)NCCN(C(CNS(=O)(=O)c2ccc(C)cc2)Cc2ccc([N+](=O)[O-])cc2)S(=O)(=O)c2ccc(C)cc2)cc1. The number of nitrogens with one attached hydrogen (secondary N) is 2. The summed E-state index contributed by atoms with van der Waals surface area (Å²) in [5, 5.41) is 11.2. The van der Waals surface area contributed by atoms with Crippen LogP contribution in [-0.2, 0) is 36.5 Å². The molecule has 12 nitrogen and oxygen atoms in total. The largest absolute Gasteiger partial charge is 0.269 e. The maximum absolute atomic E-state index is 14.2. The first-order chi connectivity index (χ1) is 22.1. The first-order valence-corrected chi connectivity index (χ1v) is 18.9. The highest BCUT2D eigenvalue weighted by Gasteiger charge is 2.33. The Morgan fingerprint density at radius 3 is 1.51 bits per heavy atom. The Labute approximate surface area is 275 Å². The van der Waals surface area contributed by atoms with Gasteiger partial charge in [0, 0.05) is 37.8 Å². The minimum absolute atomic E-state index is 0.00401. The molecule has 4 aromatic carbocycles. The van der Waals surface area contributed by atoms with Crippen molar-refractivity contribution >= 4 is 35.8 Å². The summed E-state index contributed by atoms with van der Waals surface area (Å²) >= 11 is 0. The summed E-state index contributed by atoms with van der Waals surface area (Å²) in [6, 6.07) is 22.8. The summed E-state index contributed by atoms with van der Waals surface area (Å²) in [5.74, 6) is 0. The molecule has 0 saturated heterocycles. The molecule has 0 aliphatic rings. The summed E-state index contributed by atoms with van der Waals surface area (Å²) < 4.78 is 87.1. The Hall–Kier alpha value is -3.99. The molecule has 0 aliphatic carbocycles. The van der Waals surface area contributed by atoms with E-state index in [1.807, 2.05) is 13.8 Å². The Kier molecular flexibility index (Phi) is 11.3. The molecule has 0 radical (unpaired) electrons. The van der Waals surface area contributed by atoms with Crippen molar-refractivity contribution in [2.75, 3.05) is 19.6 Å². The van der Waals surface area contributed by atoms with Crippen LogP contribution in [0.3, 0.4) is 0 Å². The highest BCUT2D eigenvalue weighted by atomic mass is 32.2. The van der Waals surface area contributed by atoms with E-state index in [2.05, 4.69) is 9.44 Å². The van der Waals surface area contributed by atoms with Gasteiger partial charge in [0.1, 0.15) is 0 Å². The second-order valence-corrected chi connectivity index (χ2v) is 16.5. The van der Waals surface area contributed by atoms with Gasteiger partial charge in [-0.3, -0.25) is 10.1 Å². The topological polar surface area (TPSA) is 173 Å².